The summed E-state index contributed by atoms with van der Waals surface area (Å²) in [4.78, 5) is 25.1. The molecule has 1 aromatic rings. The van der Waals surface area contributed by atoms with Gasteiger partial charge in [-0.1, -0.05) is 30.3 Å². The molecule has 2 rings (SSSR count). The molecule has 0 aliphatic carbocycles. The zero-order valence-corrected chi connectivity index (χ0v) is 13.5. The number of alkyl halides is 3. The molecule has 1 aliphatic rings. The van der Waals surface area contributed by atoms with Gasteiger partial charge in [-0.15, -0.1) is 0 Å². The summed E-state index contributed by atoms with van der Waals surface area (Å²) >= 11 is 0. The maximum absolute atomic E-state index is 12.9. The predicted molar refractivity (Wildman–Crippen MR) is 83.0 cm³/mol. The smallest absolute Gasteiger partial charge is 0.349 e. The molecule has 4 nitrogen and oxygen atoms in total. The van der Waals surface area contributed by atoms with Crippen molar-refractivity contribution in [3.05, 3.63) is 35.9 Å². The van der Waals surface area contributed by atoms with E-state index >= 15 is 0 Å². The molecule has 2 atom stereocenters. The Balaban J connectivity index is 2.06. The summed E-state index contributed by atoms with van der Waals surface area (Å²) in [5.74, 6) is -2.12. The van der Waals surface area contributed by atoms with Gasteiger partial charge in [0, 0.05) is 20.0 Å². The van der Waals surface area contributed by atoms with Gasteiger partial charge in [-0.05, 0) is 18.4 Å². The molecule has 0 unspecified atom stereocenters. The molecule has 24 heavy (non-hydrogen) atoms. The lowest BCUT2D eigenvalue weighted by molar-refractivity contribution is -0.188. The fraction of sp³-hybridized carbons (Fsp3) is 0.529. The summed E-state index contributed by atoms with van der Waals surface area (Å²) in [7, 11) is 0. The van der Waals surface area contributed by atoms with Crippen LogP contribution in [0.1, 0.15) is 37.8 Å². The van der Waals surface area contributed by atoms with Crippen LogP contribution in [0.4, 0.5) is 13.2 Å². The standard InChI is InChI=1S/C17H21F3N2O2/c1-12(23)21-15(13-6-3-2-4-7-13)10-16(24)22-9-5-8-14(11-22)17(18,19)20/h2-4,6-7,14-15H,5,8-11H2,1H3,(H,21,23)/t14-,15-/m0/s1. The monoisotopic (exact) mass is 342 g/mol. The van der Waals surface area contributed by atoms with Crippen molar-refractivity contribution in [3.63, 3.8) is 0 Å². The lowest BCUT2D eigenvalue weighted by Gasteiger charge is -2.34. The van der Waals surface area contributed by atoms with Gasteiger partial charge in [0.05, 0.1) is 18.4 Å². The van der Waals surface area contributed by atoms with Crippen molar-refractivity contribution in [2.45, 2.75) is 38.4 Å². The van der Waals surface area contributed by atoms with Gasteiger partial charge in [0.1, 0.15) is 0 Å². The van der Waals surface area contributed by atoms with Crippen LogP contribution >= 0.6 is 0 Å². The van der Waals surface area contributed by atoms with Crippen LogP contribution in [0, 0.1) is 5.92 Å². The molecule has 1 aromatic carbocycles. The van der Waals surface area contributed by atoms with Crippen LogP contribution in [0.5, 0.6) is 0 Å². The van der Waals surface area contributed by atoms with Crippen LogP contribution in [0.3, 0.4) is 0 Å². The molecule has 0 radical (unpaired) electrons. The Morgan fingerprint density at radius 3 is 2.54 bits per heavy atom. The Morgan fingerprint density at radius 2 is 1.96 bits per heavy atom. The van der Waals surface area contributed by atoms with E-state index in [4.69, 9.17) is 0 Å². The number of benzene rings is 1. The Hall–Kier alpha value is -2.05. The van der Waals surface area contributed by atoms with E-state index in [0.717, 1.165) is 5.56 Å². The van der Waals surface area contributed by atoms with Gasteiger partial charge in [0.25, 0.3) is 0 Å². The van der Waals surface area contributed by atoms with Crippen molar-refractivity contribution in [1.29, 1.82) is 0 Å². The average Bonchev–Trinajstić information content (AvgIpc) is 2.54. The lowest BCUT2D eigenvalue weighted by atomic mass is 9.96. The number of carbonyl (C=O) groups is 2. The first-order chi connectivity index (χ1) is 11.3. The number of nitrogens with one attached hydrogen (secondary N) is 1. The minimum Gasteiger partial charge on any atom is -0.349 e. The third kappa shape index (κ3) is 4.97. The molecule has 1 heterocycles. The molecule has 2 amide bonds. The van der Waals surface area contributed by atoms with E-state index in [0.29, 0.717) is 13.0 Å². The Labute approximate surface area is 139 Å². The van der Waals surface area contributed by atoms with Gasteiger partial charge in [0.2, 0.25) is 11.8 Å². The summed E-state index contributed by atoms with van der Waals surface area (Å²) in [6, 6.07) is 8.41. The highest BCUT2D eigenvalue weighted by atomic mass is 19.4. The normalized spacial score (nSPS) is 19.7. The third-order valence-electron chi connectivity index (χ3n) is 4.20. The second-order valence-corrected chi connectivity index (χ2v) is 6.09. The number of rotatable bonds is 4. The summed E-state index contributed by atoms with van der Waals surface area (Å²) < 4.78 is 38.6. The number of hydrogen-bond acceptors (Lipinski definition) is 2. The van der Waals surface area contributed by atoms with Crippen molar-refractivity contribution in [1.82, 2.24) is 10.2 Å². The molecular weight excluding hydrogens is 321 g/mol. The van der Waals surface area contributed by atoms with Crippen molar-refractivity contribution < 1.29 is 22.8 Å². The van der Waals surface area contributed by atoms with Gasteiger partial charge >= 0.3 is 6.18 Å². The second-order valence-electron chi connectivity index (χ2n) is 6.09. The zero-order valence-electron chi connectivity index (χ0n) is 13.5. The van der Waals surface area contributed by atoms with E-state index in [1.54, 1.807) is 24.3 Å². The molecule has 1 fully saturated rings. The first kappa shape index (κ1) is 18.3. The minimum atomic E-state index is -4.28. The predicted octanol–water partition coefficient (Wildman–Crippen LogP) is 3.05. The van der Waals surface area contributed by atoms with Crippen LogP contribution in [0.2, 0.25) is 0 Å². The van der Waals surface area contributed by atoms with Crippen molar-refractivity contribution in [2.24, 2.45) is 5.92 Å². The second kappa shape index (κ2) is 7.68. The maximum Gasteiger partial charge on any atom is 0.393 e. The van der Waals surface area contributed by atoms with Crippen LogP contribution in [0.15, 0.2) is 30.3 Å². The highest BCUT2D eigenvalue weighted by Gasteiger charge is 2.42. The molecule has 132 valence electrons. The molecule has 1 saturated heterocycles. The molecule has 0 bridgehead atoms. The first-order valence-electron chi connectivity index (χ1n) is 7.94. The summed E-state index contributed by atoms with van der Waals surface area (Å²) in [6.07, 6.45) is -3.93. The Kier molecular flexibility index (Phi) is 5.85. The molecule has 7 heteroatoms. The average molecular weight is 342 g/mol. The van der Waals surface area contributed by atoms with Crippen LogP contribution in [-0.4, -0.2) is 36.0 Å². The fourth-order valence-corrected chi connectivity index (χ4v) is 2.96. The number of likely N-dealkylation sites (tertiary alicyclic amines) is 1. The van der Waals surface area contributed by atoms with E-state index in [1.807, 2.05) is 6.07 Å². The Bertz CT molecular complexity index is 575. The highest BCUT2D eigenvalue weighted by molar-refractivity contribution is 5.79. The zero-order chi connectivity index (χ0) is 17.7. The SMILES string of the molecule is CC(=O)N[C@@H](CC(=O)N1CCC[C@H](C(F)(F)F)C1)c1ccccc1. The molecule has 0 saturated carbocycles. The summed E-state index contributed by atoms with van der Waals surface area (Å²) in [5.41, 5.74) is 0.755. The topological polar surface area (TPSA) is 49.4 Å². The summed E-state index contributed by atoms with van der Waals surface area (Å²) in [6.45, 7) is 1.37. The van der Waals surface area contributed by atoms with E-state index < -0.39 is 18.1 Å². The quantitative estimate of drug-likeness (QED) is 0.914. The Morgan fingerprint density at radius 1 is 1.29 bits per heavy atom. The minimum absolute atomic E-state index is 0.0474. The number of hydrogen-bond donors (Lipinski definition) is 1. The molecule has 0 aromatic heterocycles. The van der Waals surface area contributed by atoms with Crippen LogP contribution in [-0.2, 0) is 9.59 Å². The fourth-order valence-electron chi connectivity index (χ4n) is 2.96. The van der Waals surface area contributed by atoms with Crippen LogP contribution in [0.25, 0.3) is 0 Å². The van der Waals surface area contributed by atoms with E-state index in [2.05, 4.69) is 5.32 Å². The maximum atomic E-state index is 12.9. The van der Waals surface area contributed by atoms with E-state index in [9.17, 15) is 22.8 Å². The van der Waals surface area contributed by atoms with Crippen molar-refractivity contribution in [2.75, 3.05) is 13.1 Å². The van der Waals surface area contributed by atoms with Crippen molar-refractivity contribution in [3.8, 4) is 0 Å². The van der Waals surface area contributed by atoms with Gasteiger partial charge in [-0.2, -0.15) is 13.2 Å². The van der Waals surface area contributed by atoms with E-state index in [1.165, 1.54) is 11.8 Å². The van der Waals surface area contributed by atoms with Crippen molar-refractivity contribution >= 4 is 11.8 Å². The molecule has 0 spiro atoms. The third-order valence-corrected chi connectivity index (χ3v) is 4.20. The van der Waals surface area contributed by atoms with E-state index in [-0.39, 0.29) is 31.2 Å². The lowest BCUT2D eigenvalue weighted by Crippen LogP contribution is -2.45. The number of amides is 2. The van der Waals surface area contributed by atoms with Crippen LogP contribution < -0.4 is 5.32 Å². The van der Waals surface area contributed by atoms with Gasteiger partial charge < -0.3 is 10.2 Å². The highest BCUT2D eigenvalue weighted by Crippen LogP contribution is 2.33. The number of nitrogens with zero attached hydrogens (tertiary/aromatic N) is 1. The first-order valence-corrected chi connectivity index (χ1v) is 7.94. The summed E-state index contributed by atoms with van der Waals surface area (Å²) in [5, 5.41) is 2.70. The van der Waals surface area contributed by atoms with Gasteiger partial charge in [0.15, 0.2) is 0 Å². The number of carbonyl (C=O) groups excluding carboxylic acids is 2. The molecule has 1 N–H and O–H groups in total. The van der Waals surface area contributed by atoms with Gasteiger partial charge in [-0.25, -0.2) is 0 Å². The number of halogens is 3. The number of piperidine rings is 1. The largest absolute Gasteiger partial charge is 0.393 e. The molecule has 1 aliphatic heterocycles. The molecular formula is C17H21F3N2O2. The van der Waals surface area contributed by atoms with Gasteiger partial charge in [-0.3, -0.25) is 9.59 Å².